The van der Waals surface area contributed by atoms with Crippen LogP contribution >= 0.6 is 11.3 Å². The quantitative estimate of drug-likeness (QED) is 0.582. The van der Waals surface area contributed by atoms with Gasteiger partial charge in [-0.15, -0.1) is 11.3 Å². The van der Waals surface area contributed by atoms with Crippen molar-refractivity contribution in [1.29, 1.82) is 0 Å². The molecule has 0 aliphatic rings. The zero-order valence-electron chi connectivity index (χ0n) is 10.8. The van der Waals surface area contributed by atoms with Crippen molar-refractivity contribution in [3.05, 3.63) is 35.3 Å². The van der Waals surface area contributed by atoms with E-state index < -0.39 is 0 Å². The number of carbonyl (C=O) groups excluding carboxylic acids is 2. The molecule has 1 heterocycles. The molecule has 0 atom stereocenters. The van der Waals surface area contributed by atoms with E-state index in [0.717, 1.165) is 10.6 Å². The minimum absolute atomic E-state index is 0.101. The van der Waals surface area contributed by atoms with E-state index in [0.29, 0.717) is 11.4 Å². The molecule has 0 fully saturated rings. The molecule has 2 amide bonds. The van der Waals surface area contributed by atoms with Gasteiger partial charge in [-0.25, -0.2) is 4.98 Å². The summed E-state index contributed by atoms with van der Waals surface area (Å²) in [5, 5.41) is 2.57. The van der Waals surface area contributed by atoms with E-state index in [1.54, 1.807) is 11.4 Å². The van der Waals surface area contributed by atoms with Crippen LogP contribution in [0.5, 0.6) is 0 Å². The number of anilines is 1. The number of rotatable bonds is 3. The molecule has 2 aromatic rings. The van der Waals surface area contributed by atoms with Gasteiger partial charge in [0.05, 0.1) is 12.1 Å². The predicted octanol–water partition coefficient (Wildman–Crippen LogP) is 1.10. The van der Waals surface area contributed by atoms with Crippen LogP contribution in [0.1, 0.15) is 12.6 Å². The number of thiazole rings is 1. The second kappa shape index (κ2) is 6.16. The molecule has 0 unspecified atom stereocenters. The van der Waals surface area contributed by atoms with Gasteiger partial charge in [-0.1, -0.05) is 12.1 Å². The first-order chi connectivity index (χ1) is 9.56. The van der Waals surface area contributed by atoms with Crippen molar-refractivity contribution in [2.75, 3.05) is 5.73 Å². The van der Waals surface area contributed by atoms with Gasteiger partial charge < -0.3 is 5.73 Å². The van der Waals surface area contributed by atoms with Crippen LogP contribution < -0.4 is 16.6 Å². The molecule has 6 nitrogen and oxygen atoms in total. The Hall–Kier alpha value is -2.41. The van der Waals surface area contributed by atoms with Crippen molar-refractivity contribution >= 4 is 28.8 Å². The van der Waals surface area contributed by atoms with Gasteiger partial charge in [-0.3, -0.25) is 20.4 Å². The van der Waals surface area contributed by atoms with Crippen molar-refractivity contribution in [3.63, 3.8) is 0 Å². The molecule has 0 bridgehead atoms. The average molecular weight is 290 g/mol. The van der Waals surface area contributed by atoms with Gasteiger partial charge in [-0.05, 0) is 12.1 Å². The summed E-state index contributed by atoms with van der Waals surface area (Å²) in [6.07, 6.45) is 0.101. The van der Waals surface area contributed by atoms with Gasteiger partial charge in [0.25, 0.3) is 0 Å². The number of nitrogen functional groups attached to an aromatic ring is 1. The molecule has 2 rings (SSSR count). The third kappa shape index (κ3) is 3.55. The minimum Gasteiger partial charge on any atom is -0.398 e. The minimum atomic E-state index is -0.325. The second-order valence-electron chi connectivity index (χ2n) is 4.14. The van der Waals surface area contributed by atoms with Crippen LogP contribution in [0.25, 0.3) is 10.6 Å². The van der Waals surface area contributed by atoms with Crippen molar-refractivity contribution in [2.45, 2.75) is 13.3 Å². The molecule has 1 aromatic heterocycles. The van der Waals surface area contributed by atoms with E-state index in [1.165, 1.54) is 18.3 Å². The summed E-state index contributed by atoms with van der Waals surface area (Å²) in [5.41, 5.74) is 12.5. The fourth-order valence-electron chi connectivity index (χ4n) is 1.57. The number of nitrogens with zero attached hydrogens (tertiary/aromatic N) is 1. The van der Waals surface area contributed by atoms with Crippen LogP contribution in [0.15, 0.2) is 29.6 Å². The van der Waals surface area contributed by atoms with E-state index in [2.05, 4.69) is 15.8 Å². The van der Waals surface area contributed by atoms with Crippen LogP contribution in [-0.4, -0.2) is 16.8 Å². The summed E-state index contributed by atoms with van der Waals surface area (Å²) in [6.45, 7) is 1.32. The number of hydrogen-bond acceptors (Lipinski definition) is 5. The molecule has 1 aromatic carbocycles. The molecule has 0 radical (unpaired) electrons. The first-order valence-corrected chi connectivity index (χ1v) is 6.79. The molecule has 4 N–H and O–H groups in total. The van der Waals surface area contributed by atoms with Gasteiger partial charge >= 0.3 is 0 Å². The Labute approximate surface area is 120 Å². The van der Waals surface area contributed by atoms with Gasteiger partial charge in [-0.2, -0.15) is 0 Å². The molecule has 0 saturated carbocycles. The zero-order chi connectivity index (χ0) is 14.5. The summed E-state index contributed by atoms with van der Waals surface area (Å²) >= 11 is 1.42. The summed E-state index contributed by atoms with van der Waals surface area (Å²) < 4.78 is 0. The summed E-state index contributed by atoms with van der Waals surface area (Å²) in [5.74, 6) is -0.646. The lowest BCUT2D eigenvalue weighted by molar-refractivity contribution is -0.127. The summed E-state index contributed by atoms with van der Waals surface area (Å²) in [6, 6.07) is 7.43. The van der Waals surface area contributed by atoms with Gasteiger partial charge in [0.15, 0.2) is 0 Å². The smallest absolute Gasteiger partial charge is 0.244 e. The predicted molar refractivity (Wildman–Crippen MR) is 77.6 cm³/mol. The lowest BCUT2D eigenvalue weighted by atomic mass is 10.2. The molecule has 7 heteroatoms. The van der Waals surface area contributed by atoms with E-state index >= 15 is 0 Å². The maximum atomic E-state index is 11.5. The Kier molecular flexibility index (Phi) is 4.31. The maximum absolute atomic E-state index is 11.5. The SMILES string of the molecule is CC(=O)NNC(=O)Cc1csc(-c2ccccc2N)n1. The highest BCUT2D eigenvalue weighted by Gasteiger charge is 2.10. The van der Waals surface area contributed by atoms with Crippen LogP contribution in [0, 0.1) is 0 Å². The zero-order valence-corrected chi connectivity index (χ0v) is 11.7. The summed E-state index contributed by atoms with van der Waals surface area (Å²) in [7, 11) is 0. The molecule has 0 aliphatic heterocycles. The van der Waals surface area contributed by atoms with Crippen molar-refractivity contribution in [3.8, 4) is 10.6 Å². The van der Waals surface area contributed by atoms with Crippen LogP contribution in [-0.2, 0) is 16.0 Å². The van der Waals surface area contributed by atoms with Crippen molar-refractivity contribution in [2.24, 2.45) is 0 Å². The number of benzene rings is 1. The Balaban J connectivity index is 2.04. The Morgan fingerprint density at radius 3 is 2.75 bits per heavy atom. The first kappa shape index (κ1) is 14.0. The number of nitrogens with two attached hydrogens (primary N) is 1. The largest absolute Gasteiger partial charge is 0.398 e. The lowest BCUT2D eigenvalue weighted by Gasteiger charge is -2.03. The third-order valence-corrected chi connectivity index (χ3v) is 3.39. The van der Waals surface area contributed by atoms with E-state index in [9.17, 15) is 9.59 Å². The molecule has 104 valence electrons. The number of hydrogen-bond donors (Lipinski definition) is 3. The standard InChI is InChI=1S/C13H14N4O2S/c1-8(18)16-17-12(19)6-9-7-20-13(15-9)10-4-2-3-5-11(10)14/h2-5,7H,6,14H2,1H3,(H,16,18)(H,17,19). The highest BCUT2D eigenvalue weighted by Crippen LogP contribution is 2.28. The molecular weight excluding hydrogens is 276 g/mol. The number of amides is 2. The van der Waals surface area contributed by atoms with E-state index in [4.69, 9.17) is 5.73 Å². The Morgan fingerprint density at radius 2 is 2.05 bits per heavy atom. The first-order valence-electron chi connectivity index (χ1n) is 5.91. The molecule has 20 heavy (non-hydrogen) atoms. The van der Waals surface area contributed by atoms with E-state index in [1.807, 2.05) is 18.2 Å². The monoisotopic (exact) mass is 290 g/mol. The topological polar surface area (TPSA) is 97.1 Å². The fourth-order valence-corrected chi connectivity index (χ4v) is 2.44. The van der Waals surface area contributed by atoms with Crippen LogP contribution in [0.4, 0.5) is 5.69 Å². The average Bonchev–Trinajstić information content (AvgIpc) is 2.85. The normalized spacial score (nSPS) is 10.1. The van der Waals surface area contributed by atoms with Crippen LogP contribution in [0.2, 0.25) is 0 Å². The second-order valence-corrected chi connectivity index (χ2v) is 5.00. The van der Waals surface area contributed by atoms with Gasteiger partial charge in [0.2, 0.25) is 11.8 Å². The number of carbonyl (C=O) groups is 2. The number of hydrazine groups is 1. The number of para-hydroxylation sites is 1. The summed E-state index contributed by atoms with van der Waals surface area (Å²) in [4.78, 5) is 26.6. The van der Waals surface area contributed by atoms with Crippen molar-refractivity contribution in [1.82, 2.24) is 15.8 Å². The molecule has 0 saturated heterocycles. The molecule has 0 aliphatic carbocycles. The van der Waals surface area contributed by atoms with Gasteiger partial charge in [0.1, 0.15) is 5.01 Å². The third-order valence-electron chi connectivity index (χ3n) is 2.46. The maximum Gasteiger partial charge on any atom is 0.244 e. The van der Waals surface area contributed by atoms with Crippen LogP contribution in [0.3, 0.4) is 0 Å². The number of aromatic nitrogens is 1. The van der Waals surface area contributed by atoms with Gasteiger partial charge in [0, 0.05) is 23.6 Å². The molecular formula is C13H14N4O2S. The Morgan fingerprint density at radius 1 is 1.30 bits per heavy atom. The fraction of sp³-hybridized carbons (Fsp3) is 0.154. The van der Waals surface area contributed by atoms with Crippen molar-refractivity contribution < 1.29 is 9.59 Å². The Bertz CT molecular complexity index is 639. The highest BCUT2D eigenvalue weighted by molar-refractivity contribution is 7.13. The number of nitrogens with one attached hydrogen (secondary N) is 2. The van der Waals surface area contributed by atoms with E-state index in [-0.39, 0.29) is 18.2 Å². The molecule has 0 spiro atoms. The lowest BCUT2D eigenvalue weighted by Crippen LogP contribution is -2.41. The highest BCUT2D eigenvalue weighted by atomic mass is 32.1.